The predicted molar refractivity (Wildman–Crippen MR) is 69.7 cm³/mol. The van der Waals surface area contributed by atoms with Crippen LogP contribution in [0.1, 0.15) is 59.3 Å². The Morgan fingerprint density at radius 2 is 1.81 bits per heavy atom. The van der Waals surface area contributed by atoms with E-state index in [4.69, 9.17) is 0 Å². The van der Waals surface area contributed by atoms with Gasteiger partial charge in [0.05, 0.1) is 0 Å². The second kappa shape index (κ2) is 5.50. The van der Waals surface area contributed by atoms with E-state index in [1.54, 1.807) is 0 Å². The van der Waals surface area contributed by atoms with Gasteiger partial charge >= 0.3 is 0 Å². The normalized spacial score (nSPS) is 36.6. The molecule has 2 saturated heterocycles. The second-order valence-electron chi connectivity index (χ2n) is 5.70. The molecule has 0 spiro atoms. The van der Waals surface area contributed by atoms with Gasteiger partial charge in [-0.1, -0.05) is 20.3 Å². The molecule has 2 aliphatic heterocycles. The summed E-state index contributed by atoms with van der Waals surface area (Å²) in [6.45, 7) is 8.11. The third kappa shape index (κ3) is 2.43. The molecule has 0 aromatic rings. The molecule has 0 aromatic carbocycles. The molecule has 2 fully saturated rings. The van der Waals surface area contributed by atoms with Gasteiger partial charge in [-0.3, -0.25) is 4.90 Å². The largest absolute Gasteiger partial charge is 0.314 e. The molecular formula is C14H28N2. The molecule has 16 heavy (non-hydrogen) atoms. The first kappa shape index (κ1) is 12.4. The van der Waals surface area contributed by atoms with Crippen LogP contribution in [0.25, 0.3) is 0 Å². The molecule has 2 heterocycles. The molecule has 2 nitrogen and oxygen atoms in total. The molecule has 94 valence electrons. The van der Waals surface area contributed by atoms with Crippen molar-refractivity contribution < 1.29 is 0 Å². The fourth-order valence-electron chi connectivity index (χ4n) is 3.96. The van der Waals surface area contributed by atoms with Crippen LogP contribution in [0.2, 0.25) is 0 Å². The Morgan fingerprint density at radius 3 is 2.31 bits per heavy atom. The van der Waals surface area contributed by atoms with Gasteiger partial charge in [0.25, 0.3) is 0 Å². The lowest BCUT2D eigenvalue weighted by atomic mass is 9.94. The van der Waals surface area contributed by atoms with Crippen molar-refractivity contribution in [2.45, 2.75) is 83.5 Å². The second-order valence-corrected chi connectivity index (χ2v) is 5.70. The van der Waals surface area contributed by atoms with Crippen molar-refractivity contribution in [3.8, 4) is 0 Å². The van der Waals surface area contributed by atoms with Crippen LogP contribution >= 0.6 is 0 Å². The lowest BCUT2D eigenvalue weighted by molar-refractivity contribution is 0.0735. The quantitative estimate of drug-likeness (QED) is 0.772. The minimum Gasteiger partial charge on any atom is -0.314 e. The zero-order valence-corrected chi connectivity index (χ0v) is 11.2. The summed E-state index contributed by atoms with van der Waals surface area (Å²) in [5, 5.41) is 3.65. The first-order valence-corrected chi connectivity index (χ1v) is 7.27. The third-order valence-electron chi connectivity index (χ3n) is 4.50. The zero-order chi connectivity index (χ0) is 11.5. The van der Waals surface area contributed by atoms with Crippen molar-refractivity contribution >= 4 is 0 Å². The van der Waals surface area contributed by atoms with Crippen LogP contribution in [0.5, 0.6) is 0 Å². The van der Waals surface area contributed by atoms with Gasteiger partial charge in [-0.05, 0) is 45.6 Å². The maximum atomic E-state index is 3.65. The lowest BCUT2D eigenvalue weighted by Gasteiger charge is -2.42. The van der Waals surface area contributed by atoms with Crippen molar-refractivity contribution in [1.29, 1.82) is 0 Å². The zero-order valence-electron chi connectivity index (χ0n) is 11.2. The molecule has 2 bridgehead atoms. The van der Waals surface area contributed by atoms with Gasteiger partial charge in [0.2, 0.25) is 0 Å². The molecular weight excluding hydrogens is 196 g/mol. The number of fused-ring (bicyclic) bond motifs is 2. The van der Waals surface area contributed by atoms with Crippen molar-refractivity contribution in [2.75, 3.05) is 6.54 Å². The molecule has 2 rings (SSSR count). The SMILES string of the molecule is CCCC(C)N1C2CCC1CC(NCC)C2. The number of piperidine rings is 1. The number of rotatable bonds is 5. The average molecular weight is 224 g/mol. The van der Waals surface area contributed by atoms with Gasteiger partial charge in [-0.25, -0.2) is 0 Å². The standard InChI is InChI=1S/C14H28N2/c1-4-6-11(3)16-13-7-8-14(16)10-12(9-13)15-5-2/h11-15H,4-10H2,1-3H3. The van der Waals surface area contributed by atoms with E-state index in [-0.39, 0.29) is 0 Å². The minimum atomic E-state index is 0.799. The molecule has 0 saturated carbocycles. The van der Waals surface area contributed by atoms with Crippen LogP contribution in [-0.2, 0) is 0 Å². The smallest absolute Gasteiger partial charge is 0.0116 e. The Kier molecular flexibility index (Phi) is 4.26. The molecule has 3 unspecified atom stereocenters. The lowest BCUT2D eigenvalue weighted by Crippen LogP contribution is -2.52. The predicted octanol–water partition coefficient (Wildman–Crippen LogP) is 2.78. The van der Waals surface area contributed by atoms with Crippen LogP contribution in [0.3, 0.4) is 0 Å². The Bertz CT molecular complexity index is 203. The molecule has 3 atom stereocenters. The van der Waals surface area contributed by atoms with Crippen LogP contribution in [0.15, 0.2) is 0 Å². The molecule has 2 aliphatic rings. The van der Waals surface area contributed by atoms with Crippen LogP contribution in [0.4, 0.5) is 0 Å². The topological polar surface area (TPSA) is 15.3 Å². The molecule has 0 aliphatic carbocycles. The Morgan fingerprint density at radius 1 is 1.19 bits per heavy atom. The van der Waals surface area contributed by atoms with Crippen molar-refractivity contribution in [2.24, 2.45) is 0 Å². The van der Waals surface area contributed by atoms with Crippen LogP contribution in [-0.4, -0.2) is 35.6 Å². The van der Waals surface area contributed by atoms with E-state index in [1.807, 2.05) is 0 Å². The van der Waals surface area contributed by atoms with Gasteiger partial charge in [-0.2, -0.15) is 0 Å². The van der Waals surface area contributed by atoms with Crippen LogP contribution < -0.4 is 5.32 Å². The average Bonchev–Trinajstić information content (AvgIpc) is 2.52. The summed E-state index contributed by atoms with van der Waals surface area (Å²) in [6, 6.07) is 3.37. The Hall–Kier alpha value is -0.0800. The third-order valence-corrected chi connectivity index (χ3v) is 4.50. The highest BCUT2D eigenvalue weighted by atomic mass is 15.3. The summed E-state index contributed by atoms with van der Waals surface area (Å²) in [4.78, 5) is 2.84. The molecule has 0 aromatic heterocycles. The van der Waals surface area contributed by atoms with Crippen molar-refractivity contribution in [1.82, 2.24) is 10.2 Å². The minimum absolute atomic E-state index is 0.799. The molecule has 0 amide bonds. The maximum absolute atomic E-state index is 3.65. The summed E-state index contributed by atoms with van der Waals surface area (Å²) in [5.74, 6) is 0. The Labute approximate surface area is 101 Å². The van der Waals surface area contributed by atoms with Crippen molar-refractivity contribution in [3.63, 3.8) is 0 Å². The van der Waals surface area contributed by atoms with E-state index in [0.717, 1.165) is 30.7 Å². The van der Waals surface area contributed by atoms with Gasteiger partial charge < -0.3 is 5.32 Å². The van der Waals surface area contributed by atoms with E-state index in [9.17, 15) is 0 Å². The van der Waals surface area contributed by atoms with Crippen LogP contribution in [0, 0.1) is 0 Å². The van der Waals surface area contributed by atoms with E-state index >= 15 is 0 Å². The summed E-state index contributed by atoms with van der Waals surface area (Å²) >= 11 is 0. The van der Waals surface area contributed by atoms with Gasteiger partial charge in [0.15, 0.2) is 0 Å². The number of hydrogen-bond donors (Lipinski definition) is 1. The molecule has 1 N–H and O–H groups in total. The van der Waals surface area contributed by atoms with E-state index in [0.29, 0.717) is 0 Å². The maximum Gasteiger partial charge on any atom is 0.0116 e. The monoisotopic (exact) mass is 224 g/mol. The fraction of sp³-hybridized carbons (Fsp3) is 1.00. The summed E-state index contributed by atoms with van der Waals surface area (Å²) in [5.41, 5.74) is 0. The number of hydrogen-bond acceptors (Lipinski definition) is 2. The highest BCUT2D eigenvalue weighted by Gasteiger charge is 2.41. The highest BCUT2D eigenvalue weighted by molar-refractivity contribution is 4.99. The summed E-state index contributed by atoms with van der Waals surface area (Å²) in [7, 11) is 0. The Balaban J connectivity index is 1.94. The highest BCUT2D eigenvalue weighted by Crippen LogP contribution is 2.37. The summed E-state index contributed by atoms with van der Waals surface area (Å²) < 4.78 is 0. The molecule has 0 radical (unpaired) electrons. The fourth-order valence-corrected chi connectivity index (χ4v) is 3.96. The van der Waals surface area contributed by atoms with Gasteiger partial charge in [-0.15, -0.1) is 0 Å². The van der Waals surface area contributed by atoms with Gasteiger partial charge in [0, 0.05) is 24.2 Å². The molecule has 2 heteroatoms. The van der Waals surface area contributed by atoms with Crippen molar-refractivity contribution in [3.05, 3.63) is 0 Å². The summed E-state index contributed by atoms with van der Waals surface area (Å²) in [6.07, 6.45) is 8.37. The van der Waals surface area contributed by atoms with E-state index in [1.165, 1.54) is 38.5 Å². The first-order chi connectivity index (χ1) is 7.76. The van der Waals surface area contributed by atoms with Gasteiger partial charge in [0.1, 0.15) is 0 Å². The first-order valence-electron chi connectivity index (χ1n) is 7.27. The number of nitrogens with zero attached hydrogens (tertiary/aromatic N) is 1. The van der Waals surface area contributed by atoms with E-state index in [2.05, 4.69) is 31.0 Å². The number of nitrogens with one attached hydrogen (secondary N) is 1. The van der Waals surface area contributed by atoms with E-state index < -0.39 is 0 Å².